The first kappa shape index (κ1) is 28.1. The smallest absolute Gasteiger partial charge is 0.420 e. The summed E-state index contributed by atoms with van der Waals surface area (Å²) in [6.45, 7) is 2.25. The molecule has 232 valence electrons. The number of nitrogens with one attached hydrogen (secondary N) is 1. The Hall–Kier alpha value is -3.43. The molecule has 4 aliphatic rings. The first-order valence-electron chi connectivity index (χ1n) is 14.7. The second-order valence-electron chi connectivity index (χ2n) is 12.3. The van der Waals surface area contributed by atoms with E-state index in [9.17, 15) is 8.78 Å². The Kier molecular flexibility index (Phi) is 6.41. The van der Waals surface area contributed by atoms with E-state index < -0.39 is 35.0 Å². The summed E-state index contributed by atoms with van der Waals surface area (Å²) >= 11 is 0.854. The van der Waals surface area contributed by atoms with E-state index in [2.05, 4.69) is 30.2 Å². The van der Waals surface area contributed by atoms with Crippen molar-refractivity contribution in [3.05, 3.63) is 29.7 Å². The molecule has 1 aromatic carbocycles. The molecule has 8 rings (SSSR count). The molecule has 3 N–H and O–H groups in total. The normalized spacial score (nSPS) is 27.1. The van der Waals surface area contributed by atoms with Crippen LogP contribution in [0.25, 0.3) is 32.4 Å². The molecule has 15 heteroatoms. The maximum atomic E-state index is 15.1. The van der Waals surface area contributed by atoms with Gasteiger partial charge in [-0.05, 0) is 44.4 Å². The number of ether oxygens (including phenoxy) is 1. The lowest BCUT2D eigenvalue weighted by atomic mass is 9.95. The van der Waals surface area contributed by atoms with Crippen LogP contribution in [0.3, 0.4) is 0 Å². The Morgan fingerprint density at radius 1 is 1.09 bits per heavy atom. The fourth-order valence-corrected chi connectivity index (χ4v) is 8.40. The highest BCUT2D eigenvalue weighted by atomic mass is 32.1. The lowest BCUT2D eigenvalue weighted by Gasteiger charge is -2.35. The summed E-state index contributed by atoms with van der Waals surface area (Å²) in [4.78, 5) is 21.5. The fraction of sp³-hybridized carbons (Fsp3) is 0.517. The van der Waals surface area contributed by atoms with Crippen molar-refractivity contribution in [1.29, 1.82) is 0 Å². The van der Waals surface area contributed by atoms with Gasteiger partial charge in [-0.2, -0.15) is 23.1 Å². The van der Waals surface area contributed by atoms with Crippen molar-refractivity contribution in [2.75, 3.05) is 43.4 Å². The molecular formula is C29H29F5N8OS. The molecule has 0 amide bonds. The number of nitrogens with zero attached hydrogens (tertiary/aromatic N) is 6. The van der Waals surface area contributed by atoms with Gasteiger partial charge in [0.2, 0.25) is 0 Å². The van der Waals surface area contributed by atoms with Crippen molar-refractivity contribution < 1.29 is 26.7 Å². The van der Waals surface area contributed by atoms with Crippen molar-refractivity contribution in [3.8, 4) is 17.3 Å². The minimum Gasteiger partial charge on any atom is -0.461 e. The average molecular weight is 633 g/mol. The number of nitrogen functional groups attached to an aromatic ring is 1. The minimum atomic E-state index is -4.90. The molecule has 9 nitrogen and oxygen atoms in total. The predicted octanol–water partition coefficient (Wildman–Crippen LogP) is 4.94. The lowest BCUT2D eigenvalue weighted by Crippen LogP contribution is -2.51. The van der Waals surface area contributed by atoms with Crippen molar-refractivity contribution in [1.82, 2.24) is 30.2 Å². The molecule has 0 radical (unpaired) electrons. The first-order chi connectivity index (χ1) is 21.1. The van der Waals surface area contributed by atoms with E-state index in [1.165, 1.54) is 12.3 Å². The van der Waals surface area contributed by atoms with Crippen LogP contribution >= 0.6 is 11.3 Å². The van der Waals surface area contributed by atoms with Crippen molar-refractivity contribution >= 4 is 43.4 Å². The van der Waals surface area contributed by atoms with Crippen LogP contribution in [0.1, 0.15) is 37.7 Å². The number of halogens is 5. The molecule has 0 saturated carbocycles. The molecule has 2 bridgehead atoms. The maximum absolute atomic E-state index is 15.1. The molecule has 2 unspecified atom stereocenters. The van der Waals surface area contributed by atoms with Gasteiger partial charge in [-0.15, -0.1) is 0 Å². The minimum absolute atomic E-state index is 0.00304. The van der Waals surface area contributed by atoms with Crippen molar-refractivity contribution in [2.45, 2.75) is 62.1 Å². The van der Waals surface area contributed by atoms with Gasteiger partial charge >= 0.3 is 12.2 Å². The maximum Gasteiger partial charge on any atom is 0.420 e. The zero-order valence-corrected chi connectivity index (χ0v) is 24.3. The zero-order chi connectivity index (χ0) is 30.4. The average Bonchev–Trinajstić information content (AvgIpc) is 3.72. The molecule has 4 saturated heterocycles. The summed E-state index contributed by atoms with van der Waals surface area (Å²) in [6.07, 6.45) is -0.695. The van der Waals surface area contributed by atoms with Crippen LogP contribution < -0.4 is 20.7 Å². The number of nitrogens with two attached hydrogens (primary N) is 1. The Balaban J connectivity index is 1.30. The SMILES string of the molecule is Nc1nc2c(-c3ncc4c(N5CC6CCC(C5)N6)nc(OC[C@]56CCCN5C[C@@H](F)C6)nc4c3C(F)(F)F)ccc(F)c2s1. The van der Waals surface area contributed by atoms with Crippen LogP contribution in [-0.4, -0.2) is 81.4 Å². The van der Waals surface area contributed by atoms with E-state index in [1.54, 1.807) is 0 Å². The van der Waals surface area contributed by atoms with Crippen LogP contribution in [0.5, 0.6) is 6.01 Å². The van der Waals surface area contributed by atoms with Crippen LogP contribution in [0, 0.1) is 5.82 Å². The van der Waals surface area contributed by atoms with E-state index in [4.69, 9.17) is 10.5 Å². The number of rotatable bonds is 5. The van der Waals surface area contributed by atoms with Crippen LogP contribution in [0.2, 0.25) is 0 Å². The lowest BCUT2D eigenvalue weighted by molar-refractivity contribution is -0.136. The van der Waals surface area contributed by atoms with Crippen molar-refractivity contribution in [2.24, 2.45) is 0 Å². The van der Waals surface area contributed by atoms with Gasteiger partial charge in [0, 0.05) is 49.9 Å². The number of alkyl halides is 4. The molecule has 4 aliphatic heterocycles. The van der Waals surface area contributed by atoms with Gasteiger partial charge < -0.3 is 20.7 Å². The van der Waals surface area contributed by atoms with Gasteiger partial charge in [0.25, 0.3) is 0 Å². The Labute approximate surface area is 252 Å². The number of hydrogen-bond donors (Lipinski definition) is 2. The standard InChI is InChI=1S/C29H29F5N8OS/c30-14-8-28(6-1-7-42(28)10-14)13-43-27-39-22-18(25(40-27)41-11-15-2-3-16(12-41)37-15)9-36-21(20(22)29(32,33)34)17-4-5-19(31)24-23(17)38-26(35)44-24/h4-5,9,14-16,37H,1-3,6-8,10-13H2,(H2,35,38)/t14-,15?,16?,28+/m0/s1. The molecule has 0 aliphatic carbocycles. The molecule has 0 spiro atoms. The molecule has 4 aromatic rings. The van der Waals surface area contributed by atoms with E-state index >= 15 is 13.2 Å². The second kappa shape index (κ2) is 10.0. The van der Waals surface area contributed by atoms with E-state index in [0.29, 0.717) is 31.9 Å². The highest BCUT2D eigenvalue weighted by Crippen LogP contribution is 2.45. The van der Waals surface area contributed by atoms with Crippen molar-refractivity contribution in [3.63, 3.8) is 0 Å². The summed E-state index contributed by atoms with van der Waals surface area (Å²) in [6, 6.07) is 2.49. The Morgan fingerprint density at radius 2 is 1.89 bits per heavy atom. The number of anilines is 2. The summed E-state index contributed by atoms with van der Waals surface area (Å²) in [5.41, 5.74) is 3.38. The first-order valence-corrected chi connectivity index (χ1v) is 15.6. The van der Waals surface area contributed by atoms with Gasteiger partial charge in [0.05, 0.1) is 32.4 Å². The van der Waals surface area contributed by atoms with Gasteiger partial charge in [-0.25, -0.2) is 13.8 Å². The topological polar surface area (TPSA) is 105 Å². The third kappa shape index (κ3) is 4.53. The van der Waals surface area contributed by atoms with E-state index in [0.717, 1.165) is 49.6 Å². The van der Waals surface area contributed by atoms with Crippen LogP contribution in [0.4, 0.5) is 32.9 Å². The highest BCUT2D eigenvalue weighted by Gasteiger charge is 2.49. The summed E-state index contributed by atoms with van der Waals surface area (Å²) < 4.78 is 80.5. The van der Waals surface area contributed by atoms with E-state index in [-0.39, 0.29) is 56.5 Å². The predicted molar refractivity (Wildman–Crippen MR) is 156 cm³/mol. The number of thiazole rings is 1. The highest BCUT2D eigenvalue weighted by molar-refractivity contribution is 7.22. The third-order valence-electron chi connectivity index (χ3n) is 9.50. The molecule has 4 fully saturated rings. The molecule has 3 aromatic heterocycles. The summed E-state index contributed by atoms with van der Waals surface area (Å²) in [5.74, 6) is -0.325. The number of aromatic nitrogens is 4. The zero-order valence-electron chi connectivity index (χ0n) is 23.5. The Bertz CT molecular complexity index is 1770. The Morgan fingerprint density at radius 3 is 2.66 bits per heavy atom. The molecular weight excluding hydrogens is 603 g/mol. The third-order valence-corrected chi connectivity index (χ3v) is 10.4. The molecule has 44 heavy (non-hydrogen) atoms. The van der Waals surface area contributed by atoms with Gasteiger partial charge in [0.15, 0.2) is 5.13 Å². The van der Waals surface area contributed by atoms with Gasteiger partial charge in [0.1, 0.15) is 30.0 Å². The van der Waals surface area contributed by atoms with Crippen LogP contribution in [-0.2, 0) is 6.18 Å². The number of hydrogen-bond acceptors (Lipinski definition) is 10. The number of piperazine rings is 1. The second-order valence-corrected chi connectivity index (χ2v) is 13.3. The fourth-order valence-electron chi connectivity index (χ4n) is 7.63. The number of fused-ring (bicyclic) bond motifs is 5. The number of pyridine rings is 1. The van der Waals surface area contributed by atoms with E-state index in [1.807, 2.05) is 4.90 Å². The largest absolute Gasteiger partial charge is 0.461 e. The van der Waals surface area contributed by atoms with Crippen LogP contribution in [0.15, 0.2) is 18.3 Å². The quantitative estimate of drug-likeness (QED) is 0.296. The monoisotopic (exact) mass is 632 g/mol. The number of benzene rings is 1. The molecule has 7 heterocycles. The summed E-state index contributed by atoms with van der Waals surface area (Å²) in [7, 11) is 0. The molecule has 4 atom stereocenters. The van der Waals surface area contributed by atoms with Gasteiger partial charge in [-0.3, -0.25) is 9.88 Å². The summed E-state index contributed by atoms with van der Waals surface area (Å²) in [5, 5.41) is 3.69. The van der Waals surface area contributed by atoms with Gasteiger partial charge in [-0.1, -0.05) is 11.3 Å².